The molecular weight excluding hydrogens is 336 g/mol. The Morgan fingerprint density at radius 3 is 2.60 bits per heavy atom. The predicted molar refractivity (Wildman–Crippen MR) is 99.1 cm³/mol. The van der Waals surface area contributed by atoms with Crippen LogP contribution in [-0.2, 0) is 6.42 Å². The molecule has 2 heterocycles. The van der Waals surface area contributed by atoms with Crippen molar-refractivity contribution < 1.29 is 8.78 Å². The van der Waals surface area contributed by atoms with Crippen molar-refractivity contribution >= 4 is 11.8 Å². The van der Waals surface area contributed by atoms with E-state index in [1.807, 2.05) is 30.0 Å². The van der Waals surface area contributed by atoms with Gasteiger partial charge in [0.1, 0.15) is 11.6 Å². The van der Waals surface area contributed by atoms with Crippen molar-refractivity contribution in [3.05, 3.63) is 65.2 Å². The van der Waals surface area contributed by atoms with E-state index in [0.717, 1.165) is 55.8 Å². The Labute approximate surface area is 152 Å². The second kappa shape index (κ2) is 7.46. The standard InChI is InChI=1S/C21H23F2NS/c22-19-3-1-2-17(11-19)16-6-8-24(9-7-16)13-15-10-18-12-20(23)4-5-21(18)25-14-15/h1-5,11-12,15-16H,6-10,13-14H2. The van der Waals surface area contributed by atoms with Gasteiger partial charge in [0.15, 0.2) is 0 Å². The lowest BCUT2D eigenvalue weighted by atomic mass is 9.89. The molecule has 0 saturated carbocycles. The fraction of sp³-hybridized carbons (Fsp3) is 0.429. The number of piperidine rings is 1. The molecule has 1 saturated heterocycles. The molecule has 2 aliphatic heterocycles. The first kappa shape index (κ1) is 17.0. The molecule has 0 radical (unpaired) electrons. The van der Waals surface area contributed by atoms with Gasteiger partial charge in [-0.15, -0.1) is 11.8 Å². The third kappa shape index (κ3) is 4.06. The first-order chi connectivity index (χ1) is 12.2. The Bertz CT molecular complexity index is 740. The maximum absolute atomic E-state index is 13.5. The highest BCUT2D eigenvalue weighted by Gasteiger charge is 2.25. The van der Waals surface area contributed by atoms with Crippen molar-refractivity contribution in [1.82, 2.24) is 4.90 Å². The van der Waals surface area contributed by atoms with E-state index < -0.39 is 0 Å². The fourth-order valence-corrected chi connectivity index (χ4v) is 5.25. The third-order valence-corrected chi connectivity index (χ3v) is 6.78. The number of benzene rings is 2. The molecule has 4 heteroatoms. The summed E-state index contributed by atoms with van der Waals surface area (Å²) in [6.45, 7) is 3.22. The van der Waals surface area contributed by atoms with Gasteiger partial charge in [0, 0.05) is 17.2 Å². The van der Waals surface area contributed by atoms with Gasteiger partial charge in [-0.05, 0) is 85.6 Å². The average Bonchev–Trinajstić information content (AvgIpc) is 2.62. The summed E-state index contributed by atoms with van der Waals surface area (Å²) in [6.07, 6.45) is 3.16. The molecule has 1 unspecified atom stereocenters. The van der Waals surface area contributed by atoms with Gasteiger partial charge in [0.2, 0.25) is 0 Å². The molecule has 25 heavy (non-hydrogen) atoms. The van der Waals surface area contributed by atoms with Gasteiger partial charge in [-0.1, -0.05) is 12.1 Å². The van der Waals surface area contributed by atoms with Crippen LogP contribution in [0.15, 0.2) is 47.4 Å². The van der Waals surface area contributed by atoms with Crippen LogP contribution in [0, 0.1) is 17.6 Å². The number of fused-ring (bicyclic) bond motifs is 1. The first-order valence-corrected chi connectivity index (χ1v) is 10.0. The van der Waals surface area contributed by atoms with Crippen LogP contribution < -0.4 is 0 Å². The van der Waals surface area contributed by atoms with Crippen molar-refractivity contribution in [1.29, 1.82) is 0 Å². The lowest BCUT2D eigenvalue weighted by molar-refractivity contribution is 0.187. The normalized spacial score (nSPS) is 21.9. The highest BCUT2D eigenvalue weighted by Crippen LogP contribution is 2.35. The van der Waals surface area contributed by atoms with Crippen molar-refractivity contribution in [3.63, 3.8) is 0 Å². The monoisotopic (exact) mass is 359 g/mol. The summed E-state index contributed by atoms with van der Waals surface area (Å²) >= 11 is 1.86. The minimum atomic E-state index is -0.134. The molecule has 0 amide bonds. The van der Waals surface area contributed by atoms with Crippen LogP contribution in [0.5, 0.6) is 0 Å². The number of hydrogen-bond donors (Lipinski definition) is 0. The molecule has 4 rings (SSSR count). The number of hydrogen-bond acceptors (Lipinski definition) is 2. The Morgan fingerprint density at radius 1 is 1.00 bits per heavy atom. The van der Waals surface area contributed by atoms with Gasteiger partial charge in [-0.2, -0.15) is 0 Å². The van der Waals surface area contributed by atoms with Crippen molar-refractivity contribution in [3.8, 4) is 0 Å². The second-order valence-corrected chi connectivity index (χ2v) is 8.32. The van der Waals surface area contributed by atoms with Crippen molar-refractivity contribution in [2.75, 3.05) is 25.4 Å². The van der Waals surface area contributed by atoms with E-state index in [-0.39, 0.29) is 11.6 Å². The zero-order valence-electron chi connectivity index (χ0n) is 14.3. The molecule has 0 bridgehead atoms. The van der Waals surface area contributed by atoms with E-state index in [0.29, 0.717) is 11.8 Å². The van der Waals surface area contributed by atoms with Crippen LogP contribution in [0.1, 0.15) is 29.9 Å². The van der Waals surface area contributed by atoms with Crippen molar-refractivity contribution in [2.45, 2.75) is 30.1 Å². The highest BCUT2D eigenvalue weighted by atomic mass is 32.2. The van der Waals surface area contributed by atoms with Gasteiger partial charge in [-0.25, -0.2) is 8.78 Å². The van der Waals surface area contributed by atoms with E-state index in [4.69, 9.17) is 0 Å². The summed E-state index contributed by atoms with van der Waals surface area (Å²) in [7, 11) is 0. The average molecular weight is 359 g/mol. The van der Waals surface area contributed by atoms with Crippen LogP contribution >= 0.6 is 11.8 Å². The molecule has 0 spiro atoms. The Morgan fingerprint density at radius 2 is 1.80 bits per heavy atom. The molecule has 0 N–H and O–H groups in total. The van der Waals surface area contributed by atoms with Crippen LogP contribution in [-0.4, -0.2) is 30.3 Å². The van der Waals surface area contributed by atoms with E-state index in [1.54, 1.807) is 18.2 Å². The fourth-order valence-electron chi connectivity index (χ4n) is 4.12. The Kier molecular flexibility index (Phi) is 5.09. The second-order valence-electron chi connectivity index (χ2n) is 7.26. The number of nitrogens with zero attached hydrogens (tertiary/aromatic N) is 1. The smallest absolute Gasteiger partial charge is 0.123 e. The van der Waals surface area contributed by atoms with Crippen LogP contribution in [0.4, 0.5) is 8.78 Å². The molecule has 132 valence electrons. The van der Waals surface area contributed by atoms with E-state index >= 15 is 0 Å². The first-order valence-electron chi connectivity index (χ1n) is 9.06. The minimum Gasteiger partial charge on any atom is -0.303 e. The van der Waals surface area contributed by atoms with Gasteiger partial charge >= 0.3 is 0 Å². The van der Waals surface area contributed by atoms with E-state index in [1.165, 1.54) is 11.0 Å². The topological polar surface area (TPSA) is 3.24 Å². The van der Waals surface area contributed by atoms with E-state index in [9.17, 15) is 8.78 Å². The molecule has 0 aromatic heterocycles. The highest BCUT2D eigenvalue weighted by molar-refractivity contribution is 7.99. The maximum atomic E-state index is 13.5. The molecule has 2 aliphatic rings. The summed E-state index contributed by atoms with van der Waals surface area (Å²) in [6, 6.07) is 12.2. The zero-order valence-corrected chi connectivity index (χ0v) is 15.1. The number of halogens is 2. The zero-order chi connectivity index (χ0) is 17.2. The quantitative estimate of drug-likeness (QED) is 0.749. The largest absolute Gasteiger partial charge is 0.303 e. The lowest BCUT2D eigenvalue weighted by Crippen LogP contribution is -2.38. The Balaban J connectivity index is 1.32. The summed E-state index contributed by atoms with van der Waals surface area (Å²) in [5.41, 5.74) is 2.30. The number of rotatable bonds is 3. The summed E-state index contributed by atoms with van der Waals surface area (Å²) < 4.78 is 26.9. The predicted octanol–water partition coefficient (Wildman–Crippen LogP) is 5.11. The summed E-state index contributed by atoms with van der Waals surface area (Å²) in [5, 5.41) is 0. The summed E-state index contributed by atoms with van der Waals surface area (Å²) in [4.78, 5) is 3.77. The SMILES string of the molecule is Fc1cccc(C2CCN(CC3CSc4ccc(F)cc4C3)CC2)c1. The van der Waals surface area contributed by atoms with Crippen LogP contribution in [0.3, 0.4) is 0 Å². The number of likely N-dealkylation sites (tertiary alicyclic amines) is 1. The van der Waals surface area contributed by atoms with Gasteiger partial charge in [-0.3, -0.25) is 0 Å². The molecule has 0 aliphatic carbocycles. The molecular formula is C21H23F2NS. The van der Waals surface area contributed by atoms with Gasteiger partial charge < -0.3 is 4.90 Å². The molecule has 1 nitrogen and oxygen atoms in total. The molecule has 1 atom stereocenters. The van der Waals surface area contributed by atoms with Crippen LogP contribution in [0.25, 0.3) is 0 Å². The van der Waals surface area contributed by atoms with Gasteiger partial charge in [0.25, 0.3) is 0 Å². The maximum Gasteiger partial charge on any atom is 0.123 e. The van der Waals surface area contributed by atoms with Crippen molar-refractivity contribution in [2.24, 2.45) is 5.92 Å². The lowest BCUT2D eigenvalue weighted by Gasteiger charge is -2.35. The van der Waals surface area contributed by atoms with Gasteiger partial charge in [0.05, 0.1) is 0 Å². The minimum absolute atomic E-state index is 0.129. The molecule has 1 fully saturated rings. The van der Waals surface area contributed by atoms with Crippen LogP contribution in [0.2, 0.25) is 0 Å². The third-order valence-electron chi connectivity index (χ3n) is 5.43. The number of thioether (sulfide) groups is 1. The molecule has 2 aromatic carbocycles. The Hall–Kier alpha value is -1.39. The molecule has 2 aromatic rings. The van der Waals surface area contributed by atoms with E-state index in [2.05, 4.69) is 4.90 Å². The summed E-state index contributed by atoms with van der Waals surface area (Å²) in [5.74, 6) is 1.91.